The zero-order valence-corrected chi connectivity index (χ0v) is 25.8. The Morgan fingerprint density at radius 1 is 1.02 bits per heavy atom. The van der Waals surface area contributed by atoms with Crippen LogP contribution in [0.3, 0.4) is 0 Å². The van der Waals surface area contributed by atoms with Crippen molar-refractivity contribution in [3.8, 4) is 0 Å². The third-order valence-corrected chi connectivity index (χ3v) is 10.7. The van der Waals surface area contributed by atoms with Gasteiger partial charge in [0, 0.05) is 37.8 Å². The first-order valence-corrected chi connectivity index (χ1v) is 15.3. The van der Waals surface area contributed by atoms with E-state index in [0.717, 1.165) is 6.42 Å². The van der Waals surface area contributed by atoms with Gasteiger partial charge in [-0.25, -0.2) is 9.59 Å². The lowest BCUT2D eigenvalue weighted by molar-refractivity contribution is -0.232. The van der Waals surface area contributed by atoms with Crippen molar-refractivity contribution in [1.82, 2.24) is 0 Å². The molecular weight excluding hydrogens is 572 g/mol. The zero-order valence-electron chi connectivity index (χ0n) is 25.8. The highest BCUT2D eigenvalue weighted by atomic mass is 16.6. The standard InChI is InChI=1S/C33H40O11/c1-19-9-12-31-17-38-28(37)15-23-10-13-39-32(20(2)41-21(3)34,29(23)42-22(4)35)11-7-6-8-27(36)44-24-16-26(43-25(31)14-19)33(18-40-33)30(24,31)5/h6-8,11,14-15,20,24-26,29H,9-10,12-13,16-18H2,1-5H3/b8-6-,11-7?,23-15?/t20?,24-,25?,26?,29-,30-,31-,32?,33-/m1/s1. The summed E-state index contributed by atoms with van der Waals surface area (Å²) in [6.45, 7) is 8.90. The van der Waals surface area contributed by atoms with Crippen molar-refractivity contribution in [2.75, 3.05) is 19.8 Å². The van der Waals surface area contributed by atoms with Gasteiger partial charge in [0.05, 0.1) is 30.8 Å². The van der Waals surface area contributed by atoms with Crippen molar-refractivity contribution in [3.05, 3.63) is 47.6 Å². The van der Waals surface area contributed by atoms with Crippen molar-refractivity contribution < 1.29 is 52.3 Å². The summed E-state index contributed by atoms with van der Waals surface area (Å²) >= 11 is 0. The van der Waals surface area contributed by atoms with Crippen molar-refractivity contribution in [2.45, 2.75) is 102 Å². The van der Waals surface area contributed by atoms with Crippen LogP contribution in [-0.2, 0) is 52.3 Å². The molecule has 0 N–H and O–H groups in total. The van der Waals surface area contributed by atoms with Crippen LogP contribution < -0.4 is 0 Å². The number of epoxide rings is 1. The summed E-state index contributed by atoms with van der Waals surface area (Å²) in [6, 6.07) is 0. The van der Waals surface area contributed by atoms with Crippen molar-refractivity contribution in [1.29, 1.82) is 0 Å². The van der Waals surface area contributed by atoms with Crippen LogP contribution >= 0.6 is 0 Å². The molecule has 6 aliphatic rings. The second kappa shape index (κ2) is 11.0. The van der Waals surface area contributed by atoms with Crippen LogP contribution in [0.25, 0.3) is 0 Å². The SMILES string of the molecule is CC(=O)OC(C)C12C=C/C=C\C(=O)O[C@@H]3CC4OC5C=C(C)CC[C@]5(COC(=O)C=C(CCO1)[C@H]2OC(C)=O)[C@]3(C)[C@@]41CO1. The summed E-state index contributed by atoms with van der Waals surface area (Å²) < 4.78 is 42.5. The van der Waals surface area contributed by atoms with Gasteiger partial charge >= 0.3 is 23.9 Å². The smallest absolute Gasteiger partial charge is 0.331 e. The molecule has 2 spiro atoms. The molecule has 3 saturated heterocycles. The highest BCUT2D eigenvalue weighted by molar-refractivity contribution is 5.84. The number of fused-ring (bicyclic) bond motifs is 2. The molecule has 4 fully saturated rings. The first-order chi connectivity index (χ1) is 20.9. The number of hydrogen-bond donors (Lipinski definition) is 0. The van der Waals surface area contributed by atoms with Gasteiger partial charge in [0.25, 0.3) is 0 Å². The molecule has 4 bridgehead atoms. The van der Waals surface area contributed by atoms with Gasteiger partial charge in [0.1, 0.15) is 24.4 Å². The fraction of sp³-hybridized carbons (Fsp3) is 0.636. The summed E-state index contributed by atoms with van der Waals surface area (Å²) in [5.41, 5.74) is -1.91. The Labute approximate surface area is 256 Å². The average molecular weight is 613 g/mol. The van der Waals surface area contributed by atoms with Gasteiger partial charge in [0.15, 0.2) is 11.7 Å². The molecule has 6 rings (SSSR count). The minimum atomic E-state index is -1.49. The average Bonchev–Trinajstić information content (AvgIpc) is 3.73. The Hall–Kier alpha value is -3.28. The van der Waals surface area contributed by atoms with Crippen LogP contribution in [0.1, 0.15) is 60.3 Å². The van der Waals surface area contributed by atoms with Gasteiger partial charge in [-0.3, -0.25) is 9.59 Å². The van der Waals surface area contributed by atoms with Crippen LogP contribution in [0.5, 0.6) is 0 Å². The molecule has 11 nitrogen and oxygen atoms in total. The topological polar surface area (TPSA) is 136 Å². The molecule has 0 aromatic rings. The van der Waals surface area contributed by atoms with Gasteiger partial charge in [-0.15, -0.1) is 0 Å². The molecule has 0 aromatic carbocycles. The molecular formula is C33H40O11. The second-order valence-electron chi connectivity index (χ2n) is 13.0. The molecule has 44 heavy (non-hydrogen) atoms. The first-order valence-electron chi connectivity index (χ1n) is 15.3. The Morgan fingerprint density at radius 2 is 1.80 bits per heavy atom. The third kappa shape index (κ3) is 4.66. The van der Waals surface area contributed by atoms with Gasteiger partial charge in [0.2, 0.25) is 0 Å². The molecule has 0 radical (unpaired) electrons. The van der Waals surface area contributed by atoms with Gasteiger partial charge < -0.3 is 33.2 Å². The predicted octanol–water partition coefficient (Wildman–Crippen LogP) is 3.21. The number of ether oxygens (including phenoxy) is 7. The van der Waals surface area contributed by atoms with E-state index in [9.17, 15) is 19.2 Å². The normalized spacial score (nSPS) is 42.6. The molecule has 11 heteroatoms. The lowest BCUT2D eigenvalue weighted by Gasteiger charge is -2.58. The molecule has 238 valence electrons. The van der Waals surface area contributed by atoms with E-state index in [-0.39, 0.29) is 31.8 Å². The summed E-state index contributed by atoms with van der Waals surface area (Å²) in [4.78, 5) is 51.2. The van der Waals surface area contributed by atoms with Crippen LogP contribution in [0.4, 0.5) is 0 Å². The maximum Gasteiger partial charge on any atom is 0.331 e. The molecule has 4 aliphatic heterocycles. The minimum Gasteiger partial charge on any atom is -0.462 e. The molecule has 4 unspecified atom stereocenters. The zero-order chi connectivity index (χ0) is 31.5. The van der Waals surface area contributed by atoms with Crippen LogP contribution in [0.2, 0.25) is 0 Å². The highest BCUT2D eigenvalue weighted by Crippen LogP contribution is 2.72. The second-order valence-corrected chi connectivity index (χ2v) is 13.0. The number of rotatable bonds is 3. The Balaban J connectivity index is 1.45. The van der Waals surface area contributed by atoms with Crippen LogP contribution in [-0.4, -0.2) is 85.4 Å². The largest absolute Gasteiger partial charge is 0.462 e. The molecule has 0 aromatic heterocycles. The first kappa shape index (κ1) is 30.7. The molecule has 1 saturated carbocycles. The van der Waals surface area contributed by atoms with E-state index in [1.165, 1.54) is 37.6 Å². The number of carbonyl (C=O) groups is 4. The number of cyclic esters (lactones) is 1. The number of allylic oxidation sites excluding steroid dienone is 3. The Kier molecular flexibility index (Phi) is 7.65. The van der Waals surface area contributed by atoms with Gasteiger partial charge in [-0.05, 0) is 44.8 Å². The van der Waals surface area contributed by atoms with Crippen LogP contribution in [0.15, 0.2) is 47.6 Å². The number of esters is 4. The maximum absolute atomic E-state index is 13.6. The summed E-state index contributed by atoms with van der Waals surface area (Å²) in [5, 5.41) is 0. The van der Waals surface area contributed by atoms with E-state index < -0.39 is 64.2 Å². The van der Waals surface area contributed by atoms with E-state index in [1.54, 1.807) is 19.1 Å². The fourth-order valence-corrected chi connectivity index (χ4v) is 8.31. The Morgan fingerprint density at radius 3 is 2.50 bits per heavy atom. The minimum absolute atomic E-state index is 0.00586. The lowest BCUT2D eigenvalue weighted by Crippen LogP contribution is -2.66. The van der Waals surface area contributed by atoms with Gasteiger partial charge in [-0.1, -0.05) is 30.7 Å². The summed E-state index contributed by atoms with van der Waals surface area (Å²) in [6.07, 6.45) is 8.33. The van der Waals surface area contributed by atoms with Crippen molar-refractivity contribution in [3.63, 3.8) is 0 Å². The maximum atomic E-state index is 13.6. The van der Waals surface area contributed by atoms with E-state index in [0.29, 0.717) is 25.0 Å². The van der Waals surface area contributed by atoms with E-state index in [2.05, 4.69) is 19.9 Å². The predicted molar refractivity (Wildman–Crippen MR) is 153 cm³/mol. The van der Waals surface area contributed by atoms with Crippen molar-refractivity contribution >= 4 is 23.9 Å². The van der Waals surface area contributed by atoms with Gasteiger partial charge in [-0.2, -0.15) is 0 Å². The molecule has 2 aliphatic carbocycles. The summed E-state index contributed by atoms with van der Waals surface area (Å²) in [7, 11) is 0. The lowest BCUT2D eigenvalue weighted by atomic mass is 9.51. The van der Waals surface area contributed by atoms with E-state index in [1.807, 2.05) is 0 Å². The number of hydrogen-bond acceptors (Lipinski definition) is 11. The Bertz CT molecular complexity index is 1370. The van der Waals surface area contributed by atoms with E-state index in [4.69, 9.17) is 33.2 Å². The third-order valence-electron chi connectivity index (χ3n) is 10.7. The quantitative estimate of drug-likeness (QED) is 0.201. The fourth-order valence-electron chi connectivity index (χ4n) is 8.31. The summed E-state index contributed by atoms with van der Waals surface area (Å²) in [5.74, 6) is -2.35. The monoisotopic (exact) mass is 612 g/mol. The highest BCUT2D eigenvalue weighted by Gasteiger charge is 2.83. The van der Waals surface area contributed by atoms with Crippen molar-refractivity contribution in [2.24, 2.45) is 10.8 Å². The molecule has 4 heterocycles. The molecule has 9 atom stereocenters. The van der Waals surface area contributed by atoms with Crippen LogP contribution in [0, 0.1) is 10.8 Å². The number of carbonyl (C=O) groups excluding carboxylic acids is 4. The van der Waals surface area contributed by atoms with E-state index >= 15 is 0 Å². The molecule has 0 amide bonds.